The van der Waals surface area contributed by atoms with E-state index in [0.717, 1.165) is 5.56 Å². The van der Waals surface area contributed by atoms with Crippen molar-refractivity contribution in [2.24, 2.45) is 5.41 Å². The van der Waals surface area contributed by atoms with E-state index in [1.165, 1.54) is 0 Å². The molecule has 3 rings (SSSR count). The molecule has 0 spiro atoms. The molecule has 0 saturated carbocycles. The fraction of sp³-hybridized carbons (Fsp3) is 0.364. The van der Waals surface area contributed by atoms with Crippen molar-refractivity contribution in [1.29, 1.82) is 0 Å². The second kappa shape index (κ2) is 7.59. The van der Waals surface area contributed by atoms with Gasteiger partial charge in [-0.2, -0.15) is 0 Å². The van der Waals surface area contributed by atoms with Gasteiger partial charge in [0.1, 0.15) is 5.41 Å². The van der Waals surface area contributed by atoms with Gasteiger partial charge in [-0.05, 0) is 50.5 Å². The normalized spacial score (nSPS) is 19.5. The molecule has 1 amide bonds. The van der Waals surface area contributed by atoms with Crippen molar-refractivity contribution in [3.8, 4) is 0 Å². The predicted octanol–water partition coefficient (Wildman–Crippen LogP) is 4.04. The van der Waals surface area contributed by atoms with Crippen molar-refractivity contribution in [2.45, 2.75) is 38.6 Å². The summed E-state index contributed by atoms with van der Waals surface area (Å²) in [6.45, 7) is 4.90. The molecule has 2 atom stereocenters. The minimum Gasteiger partial charge on any atom is -0.351 e. The maximum absolute atomic E-state index is 13.6. The summed E-state index contributed by atoms with van der Waals surface area (Å²) in [6.07, 6.45) is 0.116. The van der Waals surface area contributed by atoms with Crippen LogP contribution in [0.2, 0.25) is 5.02 Å². The maximum atomic E-state index is 13.6. The first-order valence-corrected chi connectivity index (χ1v) is 9.75. The highest BCUT2D eigenvalue weighted by Gasteiger charge is 2.58. The van der Waals surface area contributed by atoms with Crippen LogP contribution in [0.3, 0.4) is 0 Å². The van der Waals surface area contributed by atoms with Crippen LogP contribution >= 0.6 is 11.6 Å². The molecule has 7 heteroatoms. The first-order chi connectivity index (χ1) is 13.5. The first-order valence-electron chi connectivity index (χ1n) is 9.37. The van der Waals surface area contributed by atoms with Gasteiger partial charge >= 0.3 is 0 Å². The number of ketones is 1. The van der Waals surface area contributed by atoms with E-state index in [1.807, 2.05) is 20.8 Å². The van der Waals surface area contributed by atoms with Gasteiger partial charge in [0.2, 0.25) is 12.5 Å². The number of rotatable bonds is 5. The number of benzene rings is 2. The average Bonchev–Trinajstić information content (AvgIpc) is 2.93. The number of carbonyl (C=O) groups is 2. The third kappa shape index (κ3) is 4.03. The van der Waals surface area contributed by atoms with E-state index in [4.69, 9.17) is 11.6 Å². The van der Waals surface area contributed by atoms with E-state index in [-0.39, 0.29) is 12.2 Å². The van der Waals surface area contributed by atoms with E-state index in [0.29, 0.717) is 16.1 Å². The van der Waals surface area contributed by atoms with Gasteiger partial charge in [-0.1, -0.05) is 48.0 Å². The molecule has 152 valence electrons. The third-order valence-electron chi connectivity index (χ3n) is 5.23. The lowest BCUT2D eigenvalue weighted by atomic mass is 9.68. The fourth-order valence-electron chi connectivity index (χ4n) is 3.98. The van der Waals surface area contributed by atoms with Crippen LogP contribution in [0.5, 0.6) is 0 Å². The number of fused-ring (bicyclic) bond motifs is 1. The van der Waals surface area contributed by atoms with Crippen LogP contribution < -0.4 is 5.32 Å². The highest BCUT2D eigenvalue weighted by Crippen LogP contribution is 2.48. The summed E-state index contributed by atoms with van der Waals surface area (Å²) in [5, 5.41) is 14.9. The molecule has 29 heavy (non-hydrogen) atoms. The molecule has 1 N–H and O–H groups in total. The highest BCUT2D eigenvalue weighted by atomic mass is 35.5. The van der Waals surface area contributed by atoms with Crippen LogP contribution in [0.1, 0.15) is 48.2 Å². The zero-order valence-electron chi connectivity index (χ0n) is 16.6. The highest BCUT2D eigenvalue weighted by molar-refractivity contribution is 6.30. The largest absolute Gasteiger partial charge is 0.351 e. The Morgan fingerprint density at radius 1 is 1.21 bits per heavy atom. The standard InChI is InChI=1S/C22H23ClN2O4/c1-21(2,3)24-20(27)22(12-15-6-4-5-7-17(15)19(22)26)18(13-25(28)29)14-8-10-16(23)11-9-14/h4-11,18H,12-13H2,1-3H3,(H,24,27). The lowest BCUT2D eigenvalue weighted by Gasteiger charge is -2.35. The Labute approximate surface area is 174 Å². The fourth-order valence-corrected chi connectivity index (χ4v) is 4.11. The number of amides is 1. The molecule has 0 aromatic heterocycles. The van der Waals surface area contributed by atoms with E-state index in [9.17, 15) is 19.7 Å². The smallest absolute Gasteiger partial charge is 0.235 e. The summed E-state index contributed by atoms with van der Waals surface area (Å²) in [5.41, 5.74) is -0.491. The maximum Gasteiger partial charge on any atom is 0.235 e. The Balaban J connectivity index is 2.20. The number of halogens is 1. The van der Waals surface area contributed by atoms with Crippen LogP contribution in [-0.2, 0) is 11.2 Å². The minimum absolute atomic E-state index is 0.116. The SMILES string of the molecule is CC(C)(C)NC(=O)C1(C(C[N+](=O)[O-])c2ccc(Cl)cc2)Cc2ccccc2C1=O. The number of hydrogen-bond acceptors (Lipinski definition) is 4. The van der Waals surface area contributed by atoms with Gasteiger partial charge in [-0.3, -0.25) is 19.7 Å². The Bertz CT molecular complexity index is 966. The number of nitrogens with zero attached hydrogens (tertiary/aromatic N) is 1. The second-order valence-electron chi connectivity index (χ2n) is 8.46. The summed E-state index contributed by atoms with van der Waals surface area (Å²) in [7, 11) is 0. The zero-order valence-corrected chi connectivity index (χ0v) is 17.3. The molecule has 2 unspecified atom stereocenters. The molecule has 0 radical (unpaired) electrons. The number of carbonyl (C=O) groups excluding carboxylic acids is 2. The Kier molecular flexibility index (Phi) is 5.50. The summed E-state index contributed by atoms with van der Waals surface area (Å²) >= 11 is 5.99. The predicted molar refractivity (Wildman–Crippen MR) is 111 cm³/mol. The van der Waals surface area contributed by atoms with E-state index in [1.54, 1.807) is 48.5 Å². The van der Waals surface area contributed by atoms with Crippen LogP contribution in [0, 0.1) is 15.5 Å². The number of Topliss-reactive ketones (excluding diaryl/α,β-unsaturated/α-hetero) is 1. The molecule has 0 saturated heterocycles. The number of nitro groups is 1. The molecule has 0 fully saturated rings. The van der Waals surface area contributed by atoms with Crippen LogP contribution in [0.4, 0.5) is 0 Å². The van der Waals surface area contributed by atoms with Gasteiger partial charge in [0.15, 0.2) is 5.78 Å². The van der Waals surface area contributed by atoms with Gasteiger partial charge in [-0.25, -0.2) is 0 Å². The topological polar surface area (TPSA) is 89.3 Å². The van der Waals surface area contributed by atoms with Gasteiger partial charge in [-0.15, -0.1) is 0 Å². The van der Waals surface area contributed by atoms with Gasteiger partial charge in [0.05, 0.1) is 5.92 Å². The third-order valence-corrected chi connectivity index (χ3v) is 5.48. The first kappa shape index (κ1) is 21.0. The zero-order chi connectivity index (χ0) is 21.4. The van der Waals surface area contributed by atoms with E-state index >= 15 is 0 Å². The molecule has 2 aromatic carbocycles. The molecule has 6 nitrogen and oxygen atoms in total. The van der Waals surface area contributed by atoms with Crippen molar-refractivity contribution in [3.05, 3.63) is 80.4 Å². The molecule has 1 aliphatic carbocycles. The number of nitrogens with one attached hydrogen (secondary N) is 1. The van der Waals surface area contributed by atoms with Gasteiger partial charge in [0, 0.05) is 21.0 Å². The molecule has 1 aliphatic rings. The minimum atomic E-state index is -1.60. The summed E-state index contributed by atoms with van der Waals surface area (Å²) in [6, 6.07) is 13.5. The van der Waals surface area contributed by atoms with Crippen molar-refractivity contribution in [2.75, 3.05) is 6.54 Å². The summed E-state index contributed by atoms with van der Waals surface area (Å²) < 4.78 is 0. The quantitative estimate of drug-likeness (QED) is 0.454. The Morgan fingerprint density at radius 2 is 1.83 bits per heavy atom. The van der Waals surface area contributed by atoms with Gasteiger partial charge < -0.3 is 5.32 Å². The Hall–Kier alpha value is -2.73. The second-order valence-corrected chi connectivity index (χ2v) is 8.89. The lowest BCUT2D eigenvalue weighted by Crippen LogP contribution is -2.55. The average molecular weight is 415 g/mol. The van der Waals surface area contributed by atoms with Crippen molar-refractivity contribution in [1.82, 2.24) is 5.32 Å². The Morgan fingerprint density at radius 3 is 2.38 bits per heavy atom. The van der Waals surface area contributed by atoms with Crippen LogP contribution in [0.15, 0.2) is 48.5 Å². The van der Waals surface area contributed by atoms with Crippen LogP contribution in [-0.4, -0.2) is 28.7 Å². The lowest BCUT2D eigenvalue weighted by molar-refractivity contribution is -0.485. The molecule has 0 aliphatic heterocycles. The monoisotopic (exact) mass is 414 g/mol. The molecule has 0 heterocycles. The van der Waals surface area contributed by atoms with E-state index < -0.39 is 34.2 Å². The van der Waals surface area contributed by atoms with Crippen molar-refractivity contribution in [3.63, 3.8) is 0 Å². The van der Waals surface area contributed by atoms with Crippen molar-refractivity contribution >= 4 is 23.3 Å². The number of hydrogen-bond donors (Lipinski definition) is 1. The molecule has 2 aromatic rings. The summed E-state index contributed by atoms with van der Waals surface area (Å²) in [4.78, 5) is 38.2. The van der Waals surface area contributed by atoms with Crippen molar-refractivity contribution < 1.29 is 14.5 Å². The van der Waals surface area contributed by atoms with Gasteiger partial charge in [0.25, 0.3) is 0 Å². The molecule has 0 bridgehead atoms. The van der Waals surface area contributed by atoms with Crippen LogP contribution in [0.25, 0.3) is 0 Å². The molecular formula is C22H23ClN2O4. The summed E-state index contributed by atoms with van der Waals surface area (Å²) in [5.74, 6) is -1.80. The van der Waals surface area contributed by atoms with E-state index in [2.05, 4.69) is 5.32 Å². The molecular weight excluding hydrogens is 392 g/mol.